The van der Waals surface area contributed by atoms with E-state index in [-0.39, 0.29) is 103 Å². The molecule has 2 saturated heterocycles. The van der Waals surface area contributed by atoms with Gasteiger partial charge >= 0.3 is 25.0 Å². The number of anilines is 2. The van der Waals surface area contributed by atoms with Crippen molar-refractivity contribution in [2.24, 2.45) is 22.9 Å². The van der Waals surface area contributed by atoms with Crippen LogP contribution in [-0.2, 0) is 64.4 Å². The molecule has 18 rings (SSSR count). The number of carboxylic acid groups (broad SMARTS) is 1. The standard InChI is InChI=1S/C32H24ClF3N6O3.C19H19FN4O3.C17H15ClF2N2O.C15H11FN4O3.C14H16BrN3O3.C5H5BFNO2.ClH/c33-23-6-2-1-4-20(23)21-5-3-7-24(29(21)36)39-32(45)26-13-19(34)15-41(26)28(43)16-42-25-10-8-17(18-9-11-27(35)38-14-18)12-22(25)30(40-42)31(37)44;1-19(2,3)27-16(25)10-24-14-6-4-11(12-5-7-15(20)22-9-12)8-13(14)17(23-24)18(21)26;18-13-6-2-1-4-11(13)12-5-3-7-14(16(12)20)22-17(23)15-8-10(19)9-21-15;16-12-4-2-9(6-18-12)8-1-3-11-10(5-8)14(15(17)23)19-20(11)7-13(21)22;1-14(2,3)21-11(19)7-18-10-5-4-8(15)6-9(10)12(17-18)13(16)20;7-5-2-1-4(3-8-5)6(9)10;/h1-12,14,19,26H,13,15-16H2,(H2,37,44)(H,39,45);4-9H,10H2,1-3H3,(H2,21,26);1-7,10,15,21H,8-9H2,(H,22,23);1-6H,7H2,(H2,17,23)(H,21,22);4-6H,7H2,1-3H3,(H2,16,20);1-3,9-10H;1H/t19-,26+;;10-,15+;;;;/m1.1..../s1. The Morgan fingerprint density at radius 3 is 1.14 bits per heavy atom. The van der Waals surface area contributed by atoms with Crippen LogP contribution in [0.15, 0.2) is 236 Å². The van der Waals surface area contributed by atoms with E-state index in [1.165, 1.54) is 85.8 Å². The predicted molar refractivity (Wildman–Crippen MR) is 548 cm³/mol. The Morgan fingerprint density at radius 2 is 0.793 bits per heavy atom. The maximum atomic E-state index is 15.5. The molecule has 8 aromatic heterocycles. The normalized spacial score (nSPS) is 14.0. The average Bonchev–Trinajstić information content (AvgIpc) is 1.63. The van der Waals surface area contributed by atoms with E-state index in [1.807, 2.05) is 0 Å². The number of carbonyl (C=O) groups excluding carboxylic acids is 9. The molecule has 0 bridgehead atoms. The number of fused-ring (bicyclic) bond motifs is 4. The summed E-state index contributed by atoms with van der Waals surface area (Å²) in [7, 11) is -1.58. The molecule has 776 valence electrons. The van der Waals surface area contributed by atoms with Gasteiger partial charge in [0, 0.05) is 125 Å². The number of alkyl halides is 2. The number of likely N-dealkylation sites (tertiary alicyclic amines) is 1. The van der Waals surface area contributed by atoms with Gasteiger partial charge in [0.1, 0.15) is 55.8 Å². The van der Waals surface area contributed by atoms with E-state index in [2.05, 4.69) is 72.2 Å². The minimum Gasteiger partial charge on any atom is -0.480 e. The molecule has 8 aromatic carbocycles. The Bertz CT molecular complexity index is 7780. The van der Waals surface area contributed by atoms with Crippen LogP contribution in [0.25, 0.3) is 99.2 Å². The van der Waals surface area contributed by atoms with Gasteiger partial charge in [0.25, 0.3) is 23.6 Å². The number of aromatic nitrogens is 12. The zero-order valence-electron chi connectivity index (χ0n) is 79.9. The van der Waals surface area contributed by atoms with Gasteiger partial charge in [0.05, 0.1) is 46.0 Å². The van der Waals surface area contributed by atoms with Gasteiger partial charge < -0.3 is 68.4 Å². The Balaban J connectivity index is 0.000000167. The summed E-state index contributed by atoms with van der Waals surface area (Å²) < 4.78 is 126. The third kappa shape index (κ3) is 28.5. The van der Waals surface area contributed by atoms with E-state index >= 15 is 4.39 Å². The van der Waals surface area contributed by atoms with Crippen molar-refractivity contribution in [1.82, 2.24) is 69.3 Å². The van der Waals surface area contributed by atoms with E-state index in [4.69, 9.17) is 70.8 Å². The highest BCUT2D eigenvalue weighted by Crippen LogP contribution is 2.38. The molecule has 0 saturated carbocycles. The van der Waals surface area contributed by atoms with Crippen molar-refractivity contribution in [2.45, 2.75) is 116 Å². The zero-order chi connectivity index (χ0) is 108. The molecule has 0 aliphatic carbocycles. The number of carboxylic acids is 1. The molecular formula is C102H91BBrCl3F8N20O15. The molecule has 14 N–H and O–H groups in total. The summed E-state index contributed by atoms with van der Waals surface area (Å²) in [4.78, 5) is 136. The second kappa shape index (κ2) is 49.0. The van der Waals surface area contributed by atoms with Crippen molar-refractivity contribution >= 4 is 178 Å². The Labute approximate surface area is 872 Å². The lowest BCUT2D eigenvalue weighted by molar-refractivity contribution is -0.156. The lowest BCUT2D eigenvalue weighted by Gasteiger charge is -2.24. The first-order valence-electron chi connectivity index (χ1n) is 45.0. The van der Waals surface area contributed by atoms with Gasteiger partial charge in [-0.15, -0.1) is 12.4 Å². The molecule has 4 atom stereocenters. The number of rotatable bonds is 22. The highest BCUT2D eigenvalue weighted by Gasteiger charge is 2.41. The van der Waals surface area contributed by atoms with E-state index in [0.717, 1.165) is 21.6 Å². The second-order valence-electron chi connectivity index (χ2n) is 35.3. The first-order valence-corrected chi connectivity index (χ1v) is 46.5. The summed E-state index contributed by atoms with van der Waals surface area (Å²) >= 11 is 15.7. The first-order chi connectivity index (χ1) is 70.6. The monoisotopic (exact) mass is 2180 g/mol. The number of halogens is 12. The Morgan fingerprint density at radius 1 is 0.440 bits per heavy atom. The summed E-state index contributed by atoms with van der Waals surface area (Å²) in [5.74, 6) is -10.5. The van der Waals surface area contributed by atoms with Crippen LogP contribution in [0.4, 0.5) is 46.5 Å². The van der Waals surface area contributed by atoms with Gasteiger partial charge in [-0.3, -0.25) is 66.7 Å². The van der Waals surface area contributed by atoms with Crippen LogP contribution in [0, 0.1) is 35.4 Å². The van der Waals surface area contributed by atoms with E-state index < -0.39 is 144 Å². The molecule has 7 amide bonds. The molecule has 48 heteroatoms. The van der Waals surface area contributed by atoms with E-state index in [9.17, 15) is 78.7 Å². The topological polar surface area (TPSA) is 516 Å². The lowest BCUT2D eigenvalue weighted by atomic mass is 9.82. The lowest BCUT2D eigenvalue weighted by Crippen LogP contribution is -2.44. The van der Waals surface area contributed by atoms with Crippen molar-refractivity contribution in [3.8, 4) is 55.6 Å². The fourth-order valence-corrected chi connectivity index (χ4v) is 16.5. The molecule has 0 spiro atoms. The summed E-state index contributed by atoms with van der Waals surface area (Å²) in [6, 6.07) is 51.9. The molecule has 150 heavy (non-hydrogen) atoms. The van der Waals surface area contributed by atoms with Crippen LogP contribution >= 0.6 is 51.5 Å². The number of aliphatic carboxylic acids is 1. The van der Waals surface area contributed by atoms with Crippen molar-refractivity contribution in [2.75, 3.05) is 23.7 Å². The van der Waals surface area contributed by atoms with Crippen LogP contribution in [0.5, 0.6) is 0 Å². The van der Waals surface area contributed by atoms with Crippen molar-refractivity contribution in [1.29, 1.82) is 0 Å². The smallest absolute Gasteiger partial charge is 0.480 e. The number of hydrogen-bond acceptors (Lipinski definition) is 23. The van der Waals surface area contributed by atoms with Gasteiger partial charge in [0.15, 0.2) is 34.4 Å². The van der Waals surface area contributed by atoms with Crippen molar-refractivity contribution < 1.29 is 108 Å². The molecule has 0 unspecified atom stereocenters. The molecule has 2 aliphatic heterocycles. The first kappa shape index (κ1) is 112. The quantitative estimate of drug-likeness (QED) is 0.0130. The summed E-state index contributed by atoms with van der Waals surface area (Å²) in [6.07, 6.45) is 2.42. The fraction of sp³-hybridized carbons (Fsp3) is 0.196. The van der Waals surface area contributed by atoms with Gasteiger partial charge in [-0.25, -0.2) is 37.5 Å². The molecule has 2 aliphatic rings. The van der Waals surface area contributed by atoms with Crippen LogP contribution in [0.3, 0.4) is 0 Å². The van der Waals surface area contributed by atoms with Gasteiger partial charge in [-0.2, -0.15) is 38.0 Å². The molecule has 35 nitrogen and oxygen atoms in total. The van der Waals surface area contributed by atoms with Crippen LogP contribution < -0.4 is 44.3 Å². The number of pyridine rings is 4. The van der Waals surface area contributed by atoms with Crippen molar-refractivity contribution in [3.63, 3.8) is 0 Å². The number of primary amides is 4. The Hall–Kier alpha value is -16.3. The highest BCUT2D eigenvalue weighted by molar-refractivity contribution is 9.10. The van der Waals surface area contributed by atoms with Crippen LogP contribution in [-0.4, -0.2) is 194 Å². The average molecular weight is 2190 g/mol. The summed E-state index contributed by atoms with van der Waals surface area (Å²) in [5.41, 5.74) is 28.0. The number of hydrogen-bond donors (Lipinski definition) is 10. The third-order valence-corrected chi connectivity index (χ3v) is 23.4. The molecule has 10 heterocycles. The van der Waals surface area contributed by atoms with Crippen LogP contribution in [0.2, 0.25) is 10.0 Å². The molecule has 0 radical (unpaired) electrons. The molecule has 16 aromatic rings. The predicted octanol–water partition coefficient (Wildman–Crippen LogP) is 14.8. The molecular weight excluding hydrogens is 2090 g/mol. The third-order valence-electron chi connectivity index (χ3n) is 22.2. The largest absolute Gasteiger partial charge is 0.490 e. The molecule has 2 fully saturated rings. The number of ether oxygens (including phenoxy) is 2. The van der Waals surface area contributed by atoms with E-state index in [1.54, 1.807) is 193 Å². The minimum atomic E-state index is -1.58. The second-order valence-corrected chi connectivity index (χ2v) is 37.0. The highest BCUT2D eigenvalue weighted by atomic mass is 79.9. The number of nitrogens with zero attached hydrogens (tertiary/aromatic N) is 13. The maximum Gasteiger partial charge on any atom is 0.490 e. The van der Waals surface area contributed by atoms with Crippen molar-refractivity contribution in [3.05, 3.63) is 304 Å². The maximum absolute atomic E-state index is 15.5. The SMILES string of the molecule is CC(C)(C)OC(=O)Cn1nc(C(N)=O)c2cc(-c3ccc(F)nc3)ccc21.CC(C)(C)OC(=O)Cn1nc(C(N)=O)c2cc(Br)ccc21.Cl.NC(=O)c1nn(CC(=O)N2C[C@H](F)C[C@H]2C(=O)Nc2cccc(-c3ccccc3Cl)c2F)c2ccc(-c3ccc(F)nc3)cc12.NC(=O)c1nn(CC(=O)O)c2ccc(-c3ccc(F)nc3)cc12.O=C(Nc1cccc(-c2ccccc2Cl)c1F)[C@@H]1C[C@@H](F)CN1.OB(O)c1ccc(F)nc1. The number of nitrogens with one attached hydrogen (secondary N) is 3. The van der Waals surface area contributed by atoms with Gasteiger partial charge in [-0.1, -0.05) is 124 Å². The van der Waals surface area contributed by atoms with Gasteiger partial charge in [-0.05, 0) is 180 Å². The Kier molecular flexibility index (Phi) is 36.7. The minimum absolute atomic E-state index is 0. The summed E-state index contributed by atoms with van der Waals surface area (Å²) in [6.45, 7) is 9.39. The summed E-state index contributed by atoms with van der Waals surface area (Å²) in [5, 5.41) is 52.8. The fourth-order valence-electron chi connectivity index (χ4n) is 15.6. The number of esters is 2. The number of carbonyl (C=O) groups is 10. The zero-order valence-corrected chi connectivity index (χ0v) is 83.8. The van der Waals surface area contributed by atoms with Gasteiger partial charge in [0.2, 0.25) is 41.5 Å². The number of nitrogens with two attached hydrogens (primary N) is 4. The van der Waals surface area contributed by atoms with Crippen LogP contribution in [0.1, 0.15) is 96.3 Å². The number of amides is 7. The number of benzene rings is 8. The van der Waals surface area contributed by atoms with E-state index in [0.29, 0.717) is 104 Å².